The number of fused-ring (bicyclic) bond motifs is 1. The number of amides is 1. The van der Waals surface area contributed by atoms with Gasteiger partial charge in [0.2, 0.25) is 0 Å². The molecule has 130 valence electrons. The van der Waals surface area contributed by atoms with Gasteiger partial charge in [0.1, 0.15) is 22.9 Å². The number of pyridine rings is 1. The van der Waals surface area contributed by atoms with E-state index >= 15 is 0 Å². The van der Waals surface area contributed by atoms with Gasteiger partial charge in [-0.15, -0.1) is 0 Å². The quantitative estimate of drug-likeness (QED) is 0.681. The number of ether oxygens (including phenoxy) is 1. The summed E-state index contributed by atoms with van der Waals surface area (Å²) in [6.45, 7) is -0.388. The number of benzene rings is 1. The summed E-state index contributed by atoms with van der Waals surface area (Å²) in [4.78, 5) is 16.7. The van der Waals surface area contributed by atoms with Gasteiger partial charge in [0, 0.05) is 16.7 Å². The van der Waals surface area contributed by atoms with Crippen molar-refractivity contribution in [1.29, 1.82) is 0 Å². The van der Waals surface area contributed by atoms with E-state index in [0.717, 1.165) is 4.47 Å². The number of nitrogens with zero attached hydrogens (tertiary/aromatic N) is 2. The first-order valence-corrected chi connectivity index (χ1v) is 8.20. The molecule has 2 heterocycles. The summed E-state index contributed by atoms with van der Waals surface area (Å²) in [5, 5.41) is 12.3. The number of aliphatic hydroxyl groups excluding tert-OH is 1. The maximum absolute atomic E-state index is 13.7. The molecule has 1 aromatic carbocycles. The van der Waals surface area contributed by atoms with Gasteiger partial charge in [-0.05, 0) is 29.8 Å². The van der Waals surface area contributed by atoms with Gasteiger partial charge >= 0.3 is 0 Å². The van der Waals surface area contributed by atoms with E-state index in [4.69, 9.17) is 4.74 Å². The predicted molar refractivity (Wildman–Crippen MR) is 93.1 cm³/mol. The average Bonchev–Trinajstić information content (AvgIpc) is 3.01. The second kappa shape index (κ2) is 7.20. The first-order chi connectivity index (χ1) is 12.0. The highest BCUT2D eigenvalue weighted by Gasteiger charge is 2.19. The molecule has 0 radical (unpaired) electrons. The van der Waals surface area contributed by atoms with Crippen LogP contribution >= 0.6 is 15.9 Å². The molecule has 2 aromatic heterocycles. The number of carbonyl (C=O) groups excluding carboxylic acids is 1. The number of halogens is 2. The summed E-state index contributed by atoms with van der Waals surface area (Å²) in [5.41, 5.74) is 1.32. The highest BCUT2D eigenvalue weighted by Crippen LogP contribution is 2.22. The zero-order valence-electron chi connectivity index (χ0n) is 13.2. The van der Waals surface area contributed by atoms with E-state index in [1.165, 1.54) is 25.4 Å². The zero-order chi connectivity index (χ0) is 18.0. The number of nitrogens with one attached hydrogen (secondary N) is 1. The van der Waals surface area contributed by atoms with Gasteiger partial charge in [-0.3, -0.25) is 9.20 Å². The number of hydrogen-bond acceptors (Lipinski definition) is 4. The third kappa shape index (κ3) is 3.64. The van der Waals surface area contributed by atoms with Crippen LogP contribution in [0.3, 0.4) is 0 Å². The number of carbonyl (C=O) groups is 1. The first kappa shape index (κ1) is 17.4. The highest BCUT2D eigenvalue weighted by molar-refractivity contribution is 9.10. The van der Waals surface area contributed by atoms with Crippen LogP contribution < -0.4 is 10.1 Å². The molecule has 0 spiro atoms. The summed E-state index contributed by atoms with van der Waals surface area (Å²) >= 11 is 3.35. The van der Waals surface area contributed by atoms with Gasteiger partial charge < -0.3 is 15.2 Å². The number of methoxy groups -OCH3 is 1. The zero-order valence-corrected chi connectivity index (χ0v) is 14.8. The third-order valence-corrected chi connectivity index (χ3v) is 4.22. The molecule has 1 atom stereocenters. The Morgan fingerprint density at radius 2 is 2.24 bits per heavy atom. The van der Waals surface area contributed by atoms with Crippen molar-refractivity contribution in [2.75, 3.05) is 13.7 Å². The van der Waals surface area contributed by atoms with E-state index < -0.39 is 17.8 Å². The minimum atomic E-state index is -0.780. The lowest BCUT2D eigenvalue weighted by molar-refractivity contribution is 0.0910. The van der Waals surface area contributed by atoms with Gasteiger partial charge in [-0.25, -0.2) is 9.37 Å². The van der Waals surface area contributed by atoms with E-state index in [0.29, 0.717) is 22.7 Å². The molecule has 0 saturated heterocycles. The molecule has 8 heteroatoms. The van der Waals surface area contributed by atoms with Crippen LogP contribution in [-0.2, 0) is 0 Å². The van der Waals surface area contributed by atoms with E-state index in [-0.39, 0.29) is 6.61 Å². The van der Waals surface area contributed by atoms with Crippen molar-refractivity contribution in [3.05, 3.63) is 64.3 Å². The van der Waals surface area contributed by atoms with Crippen LogP contribution in [0.2, 0.25) is 0 Å². The van der Waals surface area contributed by atoms with Crippen LogP contribution in [0.25, 0.3) is 5.65 Å². The maximum Gasteiger partial charge on any atom is 0.270 e. The number of rotatable bonds is 5. The Bertz CT molecular complexity index is 929. The number of aromatic nitrogens is 2. The molecule has 1 unspecified atom stereocenters. The highest BCUT2D eigenvalue weighted by atomic mass is 79.9. The Morgan fingerprint density at radius 1 is 1.44 bits per heavy atom. The molecule has 3 aromatic rings. The minimum absolute atomic E-state index is 0.308. The topological polar surface area (TPSA) is 75.9 Å². The fourth-order valence-corrected chi connectivity index (χ4v) is 2.82. The number of hydrogen-bond donors (Lipinski definition) is 2. The van der Waals surface area contributed by atoms with Crippen molar-refractivity contribution in [3.63, 3.8) is 0 Å². The van der Waals surface area contributed by atoms with Crippen molar-refractivity contribution in [1.82, 2.24) is 14.7 Å². The Kier molecular flexibility index (Phi) is 5.00. The lowest BCUT2D eigenvalue weighted by Gasteiger charge is -2.17. The fourth-order valence-electron chi connectivity index (χ4n) is 2.49. The van der Waals surface area contributed by atoms with E-state index in [1.54, 1.807) is 28.8 Å². The Hall–Kier alpha value is -2.45. The molecule has 0 aliphatic heterocycles. The second-order valence-electron chi connectivity index (χ2n) is 5.35. The SMILES string of the molecule is COc1cc(F)cc(C(CO)NC(=O)c2cnc3cc(Br)ccn23)c1. The van der Waals surface area contributed by atoms with Gasteiger partial charge in [0.15, 0.2) is 0 Å². The molecule has 0 aliphatic carbocycles. The summed E-state index contributed by atoms with van der Waals surface area (Å²) in [7, 11) is 1.42. The second-order valence-corrected chi connectivity index (χ2v) is 6.27. The van der Waals surface area contributed by atoms with E-state index in [2.05, 4.69) is 26.2 Å². The van der Waals surface area contributed by atoms with Crippen LogP contribution in [0.1, 0.15) is 22.1 Å². The summed E-state index contributed by atoms with van der Waals surface area (Å²) in [6, 6.07) is 6.82. The van der Waals surface area contributed by atoms with Crippen molar-refractivity contribution >= 4 is 27.5 Å². The van der Waals surface area contributed by atoms with Crippen LogP contribution in [0.5, 0.6) is 5.75 Å². The van der Waals surface area contributed by atoms with Crippen molar-refractivity contribution in [2.24, 2.45) is 0 Å². The minimum Gasteiger partial charge on any atom is -0.497 e. The van der Waals surface area contributed by atoms with Crippen LogP contribution in [0.4, 0.5) is 4.39 Å². The van der Waals surface area contributed by atoms with Gasteiger partial charge in [-0.1, -0.05) is 15.9 Å². The molecule has 25 heavy (non-hydrogen) atoms. The van der Waals surface area contributed by atoms with Crippen molar-refractivity contribution in [3.8, 4) is 5.75 Å². The normalized spacial score (nSPS) is 12.2. The first-order valence-electron chi connectivity index (χ1n) is 7.40. The van der Waals surface area contributed by atoms with Gasteiger partial charge in [0.25, 0.3) is 5.91 Å². The number of aliphatic hydroxyl groups is 1. The lowest BCUT2D eigenvalue weighted by atomic mass is 10.1. The lowest BCUT2D eigenvalue weighted by Crippen LogP contribution is -2.31. The molecule has 0 aliphatic rings. The average molecular weight is 408 g/mol. The van der Waals surface area contributed by atoms with Crippen LogP contribution in [0, 0.1) is 5.82 Å². The largest absolute Gasteiger partial charge is 0.497 e. The van der Waals surface area contributed by atoms with Crippen LogP contribution in [-0.4, -0.2) is 34.1 Å². The predicted octanol–water partition coefficient (Wildman–Crippen LogP) is 2.71. The molecular weight excluding hydrogens is 393 g/mol. The van der Waals surface area contributed by atoms with Gasteiger partial charge in [0.05, 0.1) is 26.0 Å². The van der Waals surface area contributed by atoms with Crippen molar-refractivity contribution in [2.45, 2.75) is 6.04 Å². The molecule has 0 saturated carbocycles. The third-order valence-electron chi connectivity index (χ3n) is 3.73. The van der Waals surface area contributed by atoms with Crippen LogP contribution in [0.15, 0.2) is 47.2 Å². The van der Waals surface area contributed by atoms with E-state index in [9.17, 15) is 14.3 Å². The molecule has 6 nitrogen and oxygen atoms in total. The monoisotopic (exact) mass is 407 g/mol. The maximum atomic E-state index is 13.7. The summed E-state index contributed by atoms with van der Waals surface area (Å²) in [6.07, 6.45) is 3.15. The van der Waals surface area contributed by atoms with Crippen molar-refractivity contribution < 1.29 is 19.0 Å². The van der Waals surface area contributed by atoms with E-state index in [1.807, 2.05) is 0 Å². The summed E-state index contributed by atoms with van der Waals surface area (Å²) in [5.74, 6) is -0.638. The Morgan fingerprint density at radius 3 is 2.96 bits per heavy atom. The summed E-state index contributed by atoms with van der Waals surface area (Å²) < 4.78 is 21.2. The molecular formula is C17H15BrFN3O3. The molecule has 1 amide bonds. The molecule has 3 rings (SSSR count). The molecule has 0 bridgehead atoms. The standard InChI is InChI=1S/C17H15BrFN3O3/c1-25-13-5-10(4-12(19)7-13)14(9-23)21-17(24)15-8-20-16-6-11(18)2-3-22(15)16/h2-8,14,23H,9H2,1H3,(H,21,24). The molecule has 2 N–H and O–H groups in total. The Balaban J connectivity index is 1.88. The Labute approximate surface area is 151 Å². The molecule has 0 fully saturated rings. The number of imidazole rings is 1. The smallest absolute Gasteiger partial charge is 0.270 e. The fraction of sp³-hybridized carbons (Fsp3) is 0.176. The van der Waals surface area contributed by atoms with Gasteiger partial charge in [-0.2, -0.15) is 0 Å².